The third-order valence-electron chi connectivity index (χ3n) is 4.16. The molecular weight excluding hydrogens is 328 g/mol. The molecule has 6 heteroatoms. The van der Waals surface area contributed by atoms with E-state index in [1.54, 1.807) is 12.4 Å². The number of benzene rings is 1. The number of hydrogen-bond acceptors (Lipinski definition) is 5. The zero-order valence-corrected chi connectivity index (χ0v) is 15.2. The van der Waals surface area contributed by atoms with Gasteiger partial charge in [-0.05, 0) is 36.1 Å². The maximum Gasteiger partial charge on any atom is 0.227 e. The highest BCUT2D eigenvalue weighted by molar-refractivity contribution is 5.92. The molecule has 0 saturated carbocycles. The van der Waals surface area contributed by atoms with Crippen molar-refractivity contribution in [2.24, 2.45) is 0 Å². The lowest BCUT2D eigenvalue weighted by atomic mass is 9.98. The van der Waals surface area contributed by atoms with Gasteiger partial charge in [0, 0.05) is 36.5 Å². The Morgan fingerprint density at radius 3 is 2.69 bits per heavy atom. The topological polar surface area (TPSA) is 80.9 Å². The molecular formula is C20H22N4O2. The van der Waals surface area contributed by atoms with Crippen LogP contribution >= 0.6 is 0 Å². The van der Waals surface area contributed by atoms with Crippen LogP contribution in [0.1, 0.15) is 43.2 Å². The van der Waals surface area contributed by atoms with Crippen LogP contribution in [0.3, 0.4) is 0 Å². The van der Waals surface area contributed by atoms with Crippen LogP contribution in [-0.4, -0.2) is 21.0 Å². The first-order valence-corrected chi connectivity index (χ1v) is 8.67. The van der Waals surface area contributed by atoms with Gasteiger partial charge in [0.2, 0.25) is 17.6 Å². The van der Waals surface area contributed by atoms with E-state index in [-0.39, 0.29) is 12.3 Å². The summed E-state index contributed by atoms with van der Waals surface area (Å²) in [5.74, 6) is 1.22. The van der Waals surface area contributed by atoms with Crippen molar-refractivity contribution < 1.29 is 9.32 Å². The molecule has 0 aliphatic rings. The van der Waals surface area contributed by atoms with Gasteiger partial charge in [0.1, 0.15) is 0 Å². The van der Waals surface area contributed by atoms with Crippen LogP contribution in [0.15, 0.2) is 47.2 Å². The second-order valence-electron chi connectivity index (χ2n) is 6.49. The van der Waals surface area contributed by atoms with Crippen LogP contribution in [0.25, 0.3) is 11.4 Å². The summed E-state index contributed by atoms with van der Waals surface area (Å²) in [6.07, 6.45) is 4.03. The minimum atomic E-state index is -0.0649. The van der Waals surface area contributed by atoms with E-state index in [9.17, 15) is 4.79 Å². The third-order valence-corrected chi connectivity index (χ3v) is 4.16. The molecule has 0 spiro atoms. The smallest absolute Gasteiger partial charge is 0.227 e. The molecule has 0 fully saturated rings. The Hall–Kier alpha value is -3.02. The number of carbonyl (C=O) groups is 1. The fourth-order valence-electron chi connectivity index (χ4n) is 2.74. The largest absolute Gasteiger partial charge is 0.339 e. The van der Waals surface area contributed by atoms with Gasteiger partial charge in [-0.2, -0.15) is 4.98 Å². The molecule has 6 nitrogen and oxygen atoms in total. The average Bonchev–Trinajstić information content (AvgIpc) is 3.11. The molecule has 3 aromatic rings. The lowest BCUT2D eigenvalue weighted by Crippen LogP contribution is -2.15. The molecule has 0 saturated heterocycles. The van der Waals surface area contributed by atoms with Crippen LogP contribution in [0, 0.1) is 6.92 Å². The van der Waals surface area contributed by atoms with E-state index in [4.69, 9.17) is 4.52 Å². The summed E-state index contributed by atoms with van der Waals surface area (Å²) in [6.45, 7) is 6.23. The zero-order valence-electron chi connectivity index (χ0n) is 15.2. The number of nitrogens with one attached hydrogen (secondary N) is 1. The number of hydrogen-bond donors (Lipinski definition) is 1. The zero-order chi connectivity index (χ0) is 18.5. The Balaban J connectivity index is 1.63. The molecule has 0 radical (unpaired) electrons. The second kappa shape index (κ2) is 7.91. The first-order chi connectivity index (χ1) is 12.5. The van der Waals surface area contributed by atoms with Crippen LogP contribution in [-0.2, 0) is 11.2 Å². The van der Waals surface area contributed by atoms with Crippen molar-refractivity contribution in [2.75, 3.05) is 5.32 Å². The Morgan fingerprint density at radius 2 is 1.96 bits per heavy atom. The maximum atomic E-state index is 12.4. The van der Waals surface area contributed by atoms with Crippen LogP contribution in [0.4, 0.5) is 5.69 Å². The van der Waals surface area contributed by atoms with Crippen LogP contribution in [0.5, 0.6) is 0 Å². The highest BCUT2D eigenvalue weighted by Gasteiger charge is 2.14. The van der Waals surface area contributed by atoms with Gasteiger partial charge in [-0.3, -0.25) is 9.78 Å². The number of rotatable bonds is 6. The highest BCUT2D eigenvalue weighted by Crippen LogP contribution is 2.27. The first kappa shape index (κ1) is 17.8. The van der Waals surface area contributed by atoms with Crippen molar-refractivity contribution in [3.8, 4) is 11.4 Å². The fraction of sp³-hybridized carbons (Fsp3) is 0.300. The summed E-state index contributed by atoms with van der Waals surface area (Å²) in [4.78, 5) is 20.7. The SMILES string of the molecule is Cc1cccc(C(C)C)c1NC(=O)CCc1nc(-c2ccncc2)no1. The van der Waals surface area contributed by atoms with E-state index in [1.807, 2.05) is 37.3 Å². The summed E-state index contributed by atoms with van der Waals surface area (Å²) in [5.41, 5.74) is 3.93. The molecule has 1 aromatic carbocycles. The van der Waals surface area contributed by atoms with Gasteiger partial charge in [0.15, 0.2) is 0 Å². The summed E-state index contributed by atoms with van der Waals surface area (Å²) in [5, 5.41) is 6.99. The predicted octanol–water partition coefficient (Wildman–Crippen LogP) is 4.13. The molecule has 0 atom stereocenters. The number of aryl methyl sites for hydroxylation is 2. The van der Waals surface area contributed by atoms with Crippen LogP contribution < -0.4 is 5.32 Å². The molecule has 0 aliphatic carbocycles. The van der Waals surface area contributed by atoms with E-state index >= 15 is 0 Å². The first-order valence-electron chi connectivity index (χ1n) is 8.67. The second-order valence-corrected chi connectivity index (χ2v) is 6.49. The molecule has 1 N–H and O–H groups in total. The lowest BCUT2D eigenvalue weighted by molar-refractivity contribution is -0.116. The Morgan fingerprint density at radius 1 is 1.19 bits per heavy atom. The predicted molar refractivity (Wildman–Crippen MR) is 99.7 cm³/mol. The fourth-order valence-corrected chi connectivity index (χ4v) is 2.74. The van der Waals surface area contributed by atoms with Crippen molar-refractivity contribution in [1.82, 2.24) is 15.1 Å². The molecule has 26 heavy (non-hydrogen) atoms. The average molecular weight is 350 g/mol. The van der Waals surface area contributed by atoms with E-state index in [0.717, 1.165) is 22.4 Å². The molecule has 3 rings (SSSR count). The van der Waals surface area contributed by atoms with Gasteiger partial charge < -0.3 is 9.84 Å². The summed E-state index contributed by atoms with van der Waals surface area (Å²) in [7, 11) is 0. The Kier molecular flexibility index (Phi) is 5.41. The van der Waals surface area contributed by atoms with Gasteiger partial charge in [-0.15, -0.1) is 0 Å². The number of pyridine rings is 1. The minimum absolute atomic E-state index is 0.0649. The monoisotopic (exact) mass is 350 g/mol. The van der Waals surface area contributed by atoms with Gasteiger partial charge in [-0.1, -0.05) is 37.2 Å². The van der Waals surface area contributed by atoms with Gasteiger partial charge in [0.25, 0.3) is 0 Å². The Labute approximate surface area is 152 Å². The molecule has 0 unspecified atom stereocenters. The molecule has 2 heterocycles. The van der Waals surface area contributed by atoms with E-state index in [0.29, 0.717) is 24.1 Å². The standard InChI is InChI=1S/C20H22N4O2/c1-13(2)16-6-4-5-14(3)19(16)22-17(25)7-8-18-23-20(24-26-18)15-9-11-21-12-10-15/h4-6,9-13H,7-8H2,1-3H3,(H,22,25). The van der Waals surface area contributed by atoms with Crippen molar-refractivity contribution >= 4 is 11.6 Å². The summed E-state index contributed by atoms with van der Waals surface area (Å²) >= 11 is 0. The minimum Gasteiger partial charge on any atom is -0.339 e. The highest BCUT2D eigenvalue weighted by atomic mass is 16.5. The summed E-state index contributed by atoms with van der Waals surface area (Å²) < 4.78 is 5.24. The van der Waals surface area contributed by atoms with Crippen molar-refractivity contribution in [1.29, 1.82) is 0 Å². The Bertz CT molecular complexity index is 888. The van der Waals surface area contributed by atoms with Gasteiger partial charge >= 0.3 is 0 Å². The molecule has 2 aromatic heterocycles. The third kappa shape index (κ3) is 4.14. The summed E-state index contributed by atoms with van der Waals surface area (Å²) in [6, 6.07) is 9.69. The number of para-hydroxylation sites is 1. The number of amides is 1. The quantitative estimate of drug-likeness (QED) is 0.723. The maximum absolute atomic E-state index is 12.4. The van der Waals surface area contributed by atoms with E-state index in [1.165, 1.54) is 0 Å². The molecule has 134 valence electrons. The number of carbonyl (C=O) groups excluding carboxylic acids is 1. The van der Waals surface area contributed by atoms with Crippen molar-refractivity contribution in [3.05, 3.63) is 59.7 Å². The van der Waals surface area contributed by atoms with E-state index < -0.39 is 0 Å². The number of nitrogens with zero attached hydrogens (tertiary/aromatic N) is 3. The molecule has 1 amide bonds. The lowest BCUT2D eigenvalue weighted by Gasteiger charge is -2.16. The van der Waals surface area contributed by atoms with Gasteiger partial charge in [-0.25, -0.2) is 0 Å². The van der Waals surface area contributed by atoms with E-state index in [2.05, 4.69) is 34.3 Å². The van der Waals surface area contributed by atoms with Gasteiger partial charge in [0.05, 0.1) is 0 Å². The molecule has 0 bridgehead atoms. The molecule has 0 aliphatic heterocycles. The normalized spacial score (nSPS) is 10.9. The number of anilines is 1. The number of aromatic nitrogens is 3. The van der Waals surface area contributed by atoms with Crippen LogP contribution in [0.2, 0.25) is 0 Å². The van der Waals surface area contributed by atoms with Crippen molar-refractivity contribution in [3.63, 3.8) is 0 Å². The van der Waals surface area contributed by atoms with Crippen molar-refractivity contribution in [2.45, 2.75) is 39.5 Å².